The van der Waals surface area contributed by atoms with Crippen LogP contribution in [0.3, 0.4) is 0 Å². The van der Waals surface area contributed by atoms with Crippen molar-refractivity contribution in [3.8, 4) is 0 Å². The van der Waals surface area contributed by atoms with Crippen LogP contribution in [0.2, 0.25) is 0 Å². The summed E-state index contributed by atoms with van der Waals surface area (Å²) in [7, 11) is 0.121. The van der Waals surface area contributed by atoms with Crippen LogP contribution in [0.1, 0.15) is 28.9 Å². The van der Waals surface area contributed by atoms with Crippen LogP contribution in [-0.2, 0) is 16.1 Å². The van der Waals surface area contributed by atoms with Crippen molar-refractivity contribution in [2.75, 3.05) is 28.7 Å². The summed E-state index contributed by atoms with van der Waals surface area (Å²) in [5.41, 5.74) is 14.2. The Bertz CT molecular complexity index is 1620. The lowest BCUT2D eigenvalue weighted by atomic mass is 9.80. The van der Waals surface area contributed by atoms with Crippen LogP contribution < -0.4 is 32.5 Å². The Morgan fingerprint density at radius 1 is 1.05 bits per heavy atom. The molecule has 15 nitrogen and oxygen atoms in total. The van der Waals surface area contributed by atoms with Gasteiger partial charge < -0.3 is 42.2 Å². The van der Waals surface area contributed by atoms with Gasteiger partial charge in [-0.1, -0.05) is 12.1 Å². The third-order valence-corrected chi connectivity index (χ3v) is 6.20. The van der Waals surface area contributed by atoms with E-state index in [9.17, 15) is 29.5 Å². The average molecular weight is 573 g/mol. The standard InChI is InChI=1S/C26H28BN9O6/c1-36(13-17-12-30-23-21(32-17)22(28)34-26(29)35-23)18-7-5-14(6-8-18)24(38)33-19(25(39)40)9-10-20(37)31-16-4-2-3-15(11-16)27(41)42/h2-8,11-12,19,41-42H,9-10,13H2,1H3,(H,31,37)(H,33,38)(H,39,40)(H4,28,29,30,34,35)/t19-/m0/s1. The third kappa shape index (κ3) is 7.44. The van der Waals surface area contributed by atoms with Gasteiger partial charge in [0.15, 0.2) is 17.0 Å². The Morgan fingerprint density at radius 3 is 2.48 bits per heavy atom. The maximum absolute atomic E-state index is 12.8. The first kappa shape index (κ1) is 29.6. The number of nitrogens with two attached hydrogens (primary N) is 2. The van der Waals surface area contributed by atoms with Gasteiger partial charge in [-0.2, -0.15) is 9.97 Å². The number of carbonyl (C=O) groups excluding carboxylic acids is 2. The van der Waals surface area contributed by atoms with Crippen LogP contribution in [0.25, 0.3) is 11.2 Å². The Morgan fingerprint density at radius 2 is 1.79 bits per heavy atom. The number of aliphatic carboxylic acids is 1. The summed E-state index contributed by atoms with van der Waals surface area (Å²) in [6.45, 7) is 0.353. The zero-order valence-electron chi connectivity index (χ0n) is 22.4. The summed E-state index contributed by atoms with van der Waals surface area (Å²) in [6, 6.07) is 11.1. The number of anilines is 4. The van der Waals surface area contributed by atoms with Crippen LogP contribution in [0.4, 0.5) is 23.1 Å². The zero-order valence-corrected chi connectivity index (χ0v) is 22.4. The highest BCUT2D eigenvalue weighted by Gasteiger charge is 2.22. The first-order valence-corrected chi connectivity index (χ1v) is 12.7. The van der Waals surface area contributed by atoms with E-state index < -0.39 is 30.9 Å². The van der Waals surface area contributed by atoms with E-state index in [1.165, 1.54) is 18.2 Å². The summed E-state index contributed by atoms with van der Waals surface area (Å²) in [6.07, 6.45) is 1.19. The normalized spacial score (nSPS) is 11.5. The fraction of sp³-hybridized carbons (Fsp3) is 0.192. The van der Waals surface area contributed by atoms with Crippen LogP contribution in [0.5, 0.6) is 0 Å². The predicted octanol–water partition coefficient (Wildman–Crippen LogP) is -0.498. The number of fused-ring (bicyclic) bond motifs is 1. The number of carboxylic acids is 1. The second-order valence-corrected chi connectivity index (χ2v) is 9.35. The molecule has 0 unspecified atom stereocenters. The van der Waals surface area contributed by atoms with E-state index in [1.807, 2.05) is 11.9 Å². The van der Waals surface area contributed by atoms with E-state index in [4.69, 9.17) is 11.5 Å². The molecule has 2 aromatic carbocycles. The second-order valence-electron chi connectivity index (χ2n) is 9.35. The highest BCUT2D eigenvalue weighted by molar-refractivity contribution is 6.58. The molecule has 0 bridgehead atoms. The number of hydrogen-bond donors (Lipinski definition) is 7. The molecular formula is C26H28BN9O6. The highest BCUT2D eigenvalue weighted by atomic mass is 16.4. The summed E-state index contributed by atoms with van der Waals surface area (Å²) in [5, 5.41) is 33.1. The number of rotatable bonds is 11. The molecule has 0 radical (unpaired) electrons. The maximum atomic E-state index is 12.8. The third-order valence-electron chi connectivity index (χ3n) is 6.20. The molecule has 0 saturated heterocycles. The van der Waals surface area contributed by atoms with Gasteiger partial charge in [0.1, 0.15) is 6.04 Å². The van der Waals surface area contributed by atoms with Gasteiger partial charge in [-0.05, 0) is 48.3 Å². The van der Waals surface area contributed by atoms with E-state index in [0.29, 0.717) is 23.4 Å². The van der Waals surface area contributed by atoms with Gasteiger partial charge in [-0.15, -0.1) is 0 Å². The minimum Gasteiger partial charge on any atom is -0.480 e. The molecule has 0 fully saturated rings. The Labute approximate surface area is 239 Å². The summed E-state index contributed by atoms with van der Waals surface area (Å²) in [5.74, 6) is -2.27. The number of carboxylic acid groups (broad SMARTS) is 1. The molecule has 2 aromatic heterocycles. The molecule has 2 heterocycles. The van der Waals surface area contributed by atoms with Crippen molar-refractivity contribution < 1.29 is 29.5 Å². The molecule has 2 amide bonds. The van der Waals surface area contributed by atoms with Crippen LogP contribution in [0.15, 0.2) is 54.7 Å². The molecule has 4 rings (SSSR count). The molecule has 9 N–H and O–H groups in total. The SMILES string of the molecule is CN(Cc1cnc2nc(N)nc(N)c2n1)c1ccc(C(=O)N[C@@H](CCC(=O)Nc2cccc(B(O)O)c2)C(=O)O)cc1. The predicted molar refractivity (Wildman–Crippen MR) is 156 cm³/mol. The molecule has 0 saturated carbocycles. The van der Waals surface area contributed by atoms with Gasteiger partial charge in [0, 0.05) is 30.4 Å². The summed E-state index contributed by atoms with van der Waals surface area (Å²) < 4.78 is 0. The van der Waals surface area contributed by atoms with Gasteiger partial charge >= 0.3 is 13.1 Å². The van der Waals surface area contributed by atoms with Gasteiger partial charge in [0.05, 0.1) is 18.4 Å². The Balaban J connectivity index is 1.33. The number of hydrogen-bond acceptors (Lipinski definition) is 12. The van der Waals surface area contributed by atoms with Gasteiger partial charge in [0.2, 0.25) is 11.9 Å². The fourth-order valence-corrected chi connectivity index (χ4v) is 4.04. The van der Waals surface area contributed by atoms with Gasteiger partial charge in [0.25, 0.3) is 5.91 Å². The molecule has 0 spiro atoms. The van der Waals surface area contributed by atoms with E-state index >= 15 is 0 Å². The molecule has 0 aliphatic heterocycles. The number of benzene rings is 2. The minimum atomic E-state index is -1.70. The van der Waals surface area contributed by atoms with Crippen molar-refractivity contribution in [2.45, 2.75) is 25.4 Å². The molecule has 216 valence electrons. The quantitative estimate of drug-likeness (QED) is 0.112. The van der Waals surface area contributed by atoms with E-state index in [-0.39, 0.29) is 41.3 Å². The van der Waals surface area contributed by atoms with Crippen molar-refractivity contribution in [3.63, 3.8) is 0 Å². The second kappa shape index (κ2) is 12.9. The van der Waals surface area contributed by atoms with Crippen LogP contribution >= 0.6 is 0 Å². The number of nitrogens with one attached hydrogen (secondary N) is 2. The first-order valence-electron chi connectivity index (χ1n) is 12.7. The molecule has 0 aliphatic carbocycles. The lowest BCUT2D eigenvalue weighted by molar-refractivity contribution is -0.139. The number of aromatic nitrogens is 4. The summed E-state index contributed by atoms with van der Waals surface area (Å²) in [4.78, 5) is 55.3. The van der Waals surface area contributed by atoms with E-state index in [0.717, 1.165) is 5.69 Å². The van der Waals surface area contributed by atoms with Crippen molar-refractivity contribution in [1.82, 2.24) is 25.3 Å². The lowest BCUT2D eigenvalue weighted by Gasteiger charge is -2.19. The van der Waals surface area contributed by atoms with Gasteiger partial charge in [-0.3, -0.25) is 9.59 Å². The fourth-order valence-electron chi connectivity index (χ4n) is 4.04. The molecule has 0 aliphatic rings. The van der Waals surface area contributed by atoms with Crippen molar-refractivity contribution >= 4 is 64.7 Å². The van der Waals surface area contributed by atoms with Crippen LogP contribution in [-0.4, -0.2) is 73.1 Å². The highest BCUT2D eigenvalue weighted by Crippen LogP contribution is 2.19. The Kier molecular flexibility index (Phi) is 9.09. The minimum absolute atomic E-state index is 0.00620. The lowest BCUT2D eigenvalue weighted by Crippen LogP contribution is -2.41. The van der Waals surface area contributed by atoms with E-state index in [1.54, 1.807) is 36.5 Å². The molecule has 16 heteroatoms. The number of carbonyl (C=O) groups is 3. The molecule has 42 heavy (non-hydrogen) atoms. The Hall–Kier alpha value is -5.35. The van der Waals surface area contributed by atoms with Crippen molar-refractivity contribution in [3.05, 3.63) is 66.0 Å². The number of nitrogen functional groups attached to an aromatic ring is 2. The number of amides is 2. The molecule has 1 atom stereocenters. The smallest absolute Gasteiger partial charge is 0.480 e. The molecule has 4 aromatic rings. The maximum Gasteiger partial charge on any atom is 0.488 e. The van der Waals surface area contributed by atoms with Crippen LogP contribution in [0, 0.1) is 0 Å². The van der Waals surface area contributed by atoms with Gasteiger partial charge in [-0.25, -0.2) is 14.8 Å². The van der Waals surface area contributed by atoms with E-state index in [2.05, 4.69) is 30.6 Å². The van der Waals surface area contributed by atoms with Crippen molar-refractivity contribution in [1.29, 1.82) is 0 Å². The average Bonchev–Trinajstić information content (AvgIpc) is 2.95. The monoisotopic (exact) mass is 573 g/mol. The first-order chi connectivity index (χ1) is 20.0. The number of nitrogens with zero attached hydrogens (tertiary/aromatic N) is 5. The topological polar surface area (TPSA) is 243 Å². The zero-order chi connectivity index (χ0) is 30.4. The van der Waals surface area contributed by atoms with Crippen molar-refractivity contribution in [2.24, 2.45) is 0 Å². The largest absolute Gasteiger partial charge is 0.488 e. The summed E-state index contributed by atoms with van der Waals surface area (Å²) >= 11 is 0. The molecular weight excluding hydrogens is 545 g/mol.